The first-order valence-electron chi connectivity index (χ1n) is 10.7. The van der Waals surface area contributed by atoms with E-state index in [1.807, 2.05) is 19.1 Å². The third-order valence-electron chi connectivity index (χ3n) is 5.53. The Hall–Kier alpha value is -1.42. The number of nitrogens with one attached hydrogen (secondary N) is 3. The van der Waals surface area contributed by atoms with E-state index in [1.54, 1.807) is 6.20 Å². The van der Waals surface area contributed by atoms with E-state index in [2.05, 4.69) is 37.8 Å². The lowest BCUT2D eigenvalue weighted by molar-refractivity contribution is -0.116. The van der Waals surface area contributed by atoms with Crippen molar-refractivity contribution >= 4 is 41.7 Å². The van der Waals surface area contributed by atoms with Crippen LogP contribution in [0.25, 0.3) is 0 Å². The van der Waals surface area contributed by atoms with Crippen molar-refractivity contribution in [2.45, 2.75) is 64.5 Å². The molecule has 2 fully saturated rings. The normalized spacial score (nSPS) is 20.3. The highest BCUT2D eigenvalue weighted by Crippen LogP contribution is 2.26. The van der Waals surface area contributed by atoms with Gasteiger partial charge in [0.25, 0.3) is 0 Å². The topological polar surface area (TPSA) is 81.6 Å². The number of rotatable bonds is 7. The summed E-state index contributed by atoms with van der Waals surface area (Å²) in [6.07, 6.45) is 8.70. The number of guanidine groups is 1. The minimum Gasteiger partial charge on any atom is -0.357 e. The SMILES string of the molecule is CCNC(=NCCC(=O)Nc1ccc(C)cn1)NC1CCN(C2CCCC2)C1.I. The van der Waals surface area contributed by atoms with Crippen LogP contribution in [0, 0.1) is 6.92 Å². The standard InChI is InChI=1S/C21H34N6O.HI/c1-3-22-21(25-17-11-13-27(15-17)18-6-4-5-7-18)23-12-10-20(28)26-19-9-8-16(2)14-24-19;/h8-9,14,17-18H,3-7,10-13,15H2,1-2H3,(H2,22,23,25)(H,24,26,28);1H. The first-order chi connectivity index (χ1) is 13.6. The smallest absolute Gasteiger partial charge is 0.227 e. The minimum atomic E-state index is -0.0655. The number of amides is 1. The van der Waals surface area contributed by atoms with E-state index >= 15 is 0 Å². The third kappa shape index (κ3) is 7.73. The van der Waals surface area contributed by atoms with E-state index in [9.17, 15) is 4.79 Å². The second-order valence-corrected chi connectivity index (χ2v) is 7.84. The van der Waals surface area contributed by atoms with Gasteiger partial charge in [-0.15, -0.1) is 24.0 Å². The molecule has 3 N–H and O–H groups in total. The van der Waals surface area contributed by atoms with Crippen LogP contribution < -0.4 is 16.0 Å². The zero-order chi connectivity index (χ0) is 19.8. The van der Waals surface area contributed by atoms with Crippen LogP contribution in [-0.2, 0) is 4.79 Å². The summed E-state index contributed by atoms with van der Waals surface area (Å²) in [5.41, 5.74) is 1.07. The lowest BCUT2D eigenvalue weighted by Crippen LogP contribution is -2.45. The molecule has 1 aromatic rings. The highest BCUT2D eigenvalue weighted by molar-refractivity contribution is 14.0. The van der Waals surface area contributed by atoms with E-state index in [0.717, 1.165) is 37.1 Å². The predicted molar refractivity (Wildman–Crippen MR) is 129 cm³/mol. The number of likely N-dealkylation sites (tertiary alicyclic amines) is 1. The number of carbonyl (C=O) groups is 1. The van der Waals surface area contributed by atoms with Crippen molar-refractivity contribution in [3.63, 3.8) is 0 Å². The Morgan fingerprint density at radius 1 is 1.28 bits per heavy atom. The Morgan fingerprint density at radius 3 is 2.76 bits per heavy atom. The van der Waals surface area contributed by atoms with E-state index in [4.69, 9.17) is 0 Å². The maximum atomic E-state index is 12.1. The van der Waals surface area contributed by atoms with E-state index in [-0.39, 0.29) is 29.9 Å². The van der Waals surface area contributed by atoms with Crippen LogP contribution in [0.2, 0.25) is 0 Å². The molecule has 8 heteroatoms. The lowest BCUT2D eigenvalue weighted by atomic mass is 10.2. The van der Waals surface area contributed by atoms with Gasteiger partial charge in [-0.25, -0.2) is 4.98 Å². The number of anilines is 1. The molecule has 162 valence electrons. The summed E-state index contributed by atoms with van der Waals surface area (Å²) in [7, 11) is 0. The Labute approximate surface area is 191 Å². The Bertz CT molecular complexity index is 660. The van der Waals surface area contributed by atoms with Crippen LogP contribution in [0.15, 0.2) is 23.3 Å². The molecule has 3 rings (SSSR count). The van der Waals surface area contributed by atoms with Crippen LogP contribution >= 0.6 is 24.0 Å². The number of aliphatic imine (C=N–C) groups is 1. The van der Waals surface area contributed by atoms with Crippen molar-refractivity contribution in [1.29, 1.82) is 0 Å². The summed E-state index contributed by atoms with van der Waals surface area (Å²) in [6, 6.07) is 4.97. The molecule has 1 aromatic heterocycles. The molecule has 29 heavy (non-hydrogen) atoms. The molecule has 1 atom stereocenters. The van der Waals surface area contributed by atoms with Gasteiger partial charge in [0.1, 0.15) is 5.82 Å². The van der Waals surface area contributed by atoms with Crippen molar-refractivity contribution in [3.05, 3.63) is 23.9 Å². The van der Waals surface area contributed by atoms with Gasteiger partial charge in [-0.1, -0.05) is 18.9 Å². The average molecular weight is 514 g/mol. The molecule has 7 nitrogen and oxygen atoms in total. The number of halogens is 1. The highest BCUT2D eigenvalue weighted by Gasteiger charge is 2.30. The van der Waals surface area contributed by atoms with Crippen molar-refractivity contribution in [1.82, 2.24) is 20.5 Å². The summed E-state index contributed by atoms with van der Waals surface area (Å²) in [5.74, 6) is 1.33. The second-order valence-electron chi connectivity index (χ2n) is 7.84. The fourth-order valence-electron chi connectivity index (χ4n) is 4.04. The van der Waals surface area contributed by atoms with Gasteiger partial charge in [0.15, 0.2) is 5.96 Å². The molecular weight excluding hydrogens is 479 g/mol. The maximum Gasteiger partial charge on any atom is 0.227 e. The van der Waals surface area contributed by atoms with Gasteiger partial charge in [-0.2, -0.15) is 0 Å². The van der Waals surface area contributed by atoms with Crippen LogP contribution in [0.4, 0.5) is 5.82 Å². The monoisotopic (exact) mass is 514 g/mol. The van der Waals surface area contributed by atoms with Crippen LogP contribution in [0.5, 0.6) is 0 Å². The summed E-state index contributed by atoms with van der Waals surface area (Å²) in [4.78, 5) is 23.5. The number of hydrogen-bond donors (Lipinski definition) is 3. The molecule has 1 saturated carbocycles. The third-order valence-corrected chi connectivity index (χ3v) is 5.53. The van der Waals surface area contributed by atoms with Crippen molar-refractivity contribution in [2.75, 3.05) is 31.5 Å². The Morgan fingerprint density at radius 2 is 2.07 bits per heavy atom. The van der Waals surface area contributed by atoms with Gasteiger partial charge in [-0.05, 0) is 44.7 Å². The quantitative estimate of drug-likeness (QED) is 0.296. The maximum absolute atomic E-state index is 12.1. The Kier molecular flexibility index (Phi) is 10.1. The van der Waals surface area contributed by atoms with E-state index < -0.39 is 0 Å². The molecule has 0 radical (unpaired) electrons. The highest BCUT2D eigenvalue weighted by atomic mass is 127. The number of pyridine rings is 1. The minimum absolute atomic E-state index is 0. The van der Waals surface area contributed by atoms with Gasteiger partial charge < -0.3 is 16.0 Å². The van der Waals surface area contributed by atoms with E-state index in [1.165, 1.54) is 32.2 Å². The number of carbonyl (C=O) groups excluding carboxylic acids is 1. The molecule has 0 bridgehead atoms. The van der Waals surface area contributed by atoms with Gasteiger partial charge >= 0.3 is 0 Å². The van der Waals surface area contributed by atoms with Gasteiger partial charge in [0, 0.05) is 44.3 Å². The predicted octanol–water partition coefficient (Wildman–Crippen LogP) is 2.91. The largest absolute Gasteiger partial charge is 0.357 e. The average Bonchev–Trinajstić information content (AvgIpc) is 3.35. The summed E-state index contributed by atoms with van der Waals surface area (Å²) in [5, 5.41) is 9.67. The number of aryl methyl sites for hydroxylation is 1. The zero-order valence-corrected chi connectivity index (χ0v) is 19.9. The molecule has 2 aliphatic rings. The van der Waals surface area contributed by atoms with Crippen molar-refractivity contribution in [3.8, 4) is 0 Å². The van der Waals surface area contributed by atoms with Gasteiger partial charge in [-0.3, -0.25) is 14.7 Å². The summed E-state index contributed by atoms with van der Waals surface area (Å²) >= 11 is 0. The molecule has 0 spiro atoms. The zero-order valence-electron chi connectivity index (χ0n) is 17.6. The van der Waals surface area contributed by atoms with E-state index in [0.29, 0.717) is 24.8 Å². The first-order valence-corrected chi connectivity index (χ1v) is 10.7. The fourth-order valence-corrected chi connectivity index (χ4v) is 4.04. The number of hydrogen-bond acceptors (Lipinski definition) is 4. The molecule has 2 heterocycles. The second kappa shape index (κ2) is 12.3. The van der Waals surface area contributed by atoms with Gasteiger partial charge in [0.2, 0.25) is 5.91 Å². The fraction of sp³-hybridized carbons (Fsp3) is 0.667. The van der Waals surface area contributed by atoms with Crippen molar-refractivity contribution in [2.24, 2.45) is 4.99 Å². The molecule has 1 aliphatic heterocycles. The first kappa shape index (κ1) is 23.9. The molecule has 0 aromatic carbocycles. The van der Waals surface area contributed by atoms with Crippen molar-refractivity contribution < 1.29 is 4.79 Å². The lowest BCUT2D eigenvalue weighted by Gasteiger charge is -2.24. The number of aromatic nitrogens is 1. The summed E-state index contributed by atoms with van der Waals surface area (Å²) < 4.78 is 0. The molecule has 1 saturated heterocycles. The van der Waals surface area contributed by atoms with Crippen LogP contribution in [0.1, 0.15) is 51.0 Å². The summed E-state index contributed by atoms with van der Waals surface area (Å²) in [6.45, 7) is 7.56. The Balaban J connectivity index is 0.00000300. The molecular formula is C21H35IN6O. The molecule has 1 amide bonds. The van der Waals surface area contributed by atoms with Crippen LogP contribution in [-0.4, -0.2) is 60.0 Å². The molecule has 1 unspecified atom stereocenters. The molecule has 1 aliphatic carbocycles. The van der Waals surface area contributed by atoms with Gasteiger partial charge in [0.05, 0.1) is 6.54 Å². The number of nitrogens with zero attached hydrogens (tertiary/aromatic N) is 3. The van der Waals surface area contributed by atoms with Crippen LogP contribution in [0.3, 0.4) is 0 Å².